The van der Waals surface area contributed by atoms with E-state index in [-0.39, 0.29) is 41.1 Å². The second-order valence-electron chi connectivity index (χ2n) is 8.93. The highest BCUT2D eigenvalue weighted by Crippen LogP contribution is 2.45. The molecule has 0 aromatic heterocycles. The number of urea groups is 1. The number of rotatable bonds is 2. The van der Waals surface area contributed by atoms with E-state index in [2.05, 4.69) is 9.62 Å². The molecule has 4 aliphatic heterocycles. The first-order chi connectivity index (χ1) is 15.1. The fourth-order valence-electron chi connectivity index (χ4n) is 4.87. The summed E-state index contributed by atoms with van der Waals surface area (Å²) in [6.45, 7) is 3.97. The molecular formula is C20H22ClF3N4O3S. The Labute approximate surface area is 192 Å². The number of nitrogens with zero attached hydrogens (tertiary/aromatic N) is 3. The number of alkyl halides is 3. The molecule has 4 heterocycles. The van der Waals surface area contributed by atoms with Crippen LogP contribution in [-0.4, -0.2) is 84.1 Å². The van der Waals surface area contributed by atoms with Gasteiger partial charge in [0.2, 0.25) is 5.91 Å². The number of carbonyl (C=O) groups excluding carboxylic acids is 2. The topological polar surface area (TPSA) is 65.1 Å². The lowest BCUT2D eigenvalue weighted by atomic mass is 9.74. The van der Waals surface area contributed by atoms with Crippen LogP contribution < -0.4 is 5.32 Å². The van der Waals surface area contributed by atoms with Crippen molar-refractivity contribution in [2.24, 2.45) is 5.41 Å². The molecule has 4 fully saturated rings. The van der Waals surface area contributed by atoms with Crippen LogP contribution in [0.4, 0.5) is 18.0 Å². The Morgan fingerprint density at radius 3 is 2.66 bits per heavy atom. The third-order valence-corrected chi connectivity index (χ3v) is 7.72. The summed E-state index contributed by atoms with van der Waals surface area (Å²) in [5, 5.41) is 2.60. The van der Waals surface area contributed by atoms with Crippen LogP contribution in [0.25, 0.3) is 0 Å². The van der Waals surface area contributed by atoms with E-state index in [1.54, 1.807) is 4.90 Å². The lowest BCUT2D eigenvalue weighted by Crippen LogP contribution is -2.73. The van der Waals surface area contributed by atoms with Crippen molar-refractivity contribution in [1.29, 1.82) is 0 Å². The Bertz CT molecular complexity index is 935. The predicted octanol–water partition coefficient (Wildman–Crippen LogP) is 2.69. The monoisotopic (exact) mass is 490 g/mol. The molecule has 0 unspecified atom stereocenters. The van der Waals surface area contributed by atoms with Gasteiger partial charge in [-0.25, -0.2) is 9.10 Å². The first-order valence-electron chi connectivity index (χ1n) is 10.4. The minimum Gasteiger partial charge on any atom is -0.366 e. The summed E-state index contributed by atoms with van der Waals surface area (Å²) in [6.07, 6.45) is -3.79. The summed E-state index contributed by atoms with van der Waals surface area (Å²) in [4.78, 5) is 28.7. The van der Waals surface area contributed by atoms with Crippen molar-refractivity contribution < 1.29 is 27.5 Å². The lowest BCUT2D eigenvalue weighted by molar-refractivity contribution is -0.140. The van der Waals surface area contributed by atoms with Gasteiger partial charge >= 0.3 is 12.2 Å². The Morgan fingerprint density at radius 2 is 1.97 bits per heavy atom. The van der Waals surface area contributed by atoms with Crippen molar-refractivity contribution >= 4 is 35.5 Å². The molecule has 5 rings (SSSR count). The lowest BCUT2D eigenvalue weighted by Gasteiger charge is -2.60. The average Bonchev–Trinajstić information content (AvgIpc) is 2.66. The average molecular weight is 491 g/mol. The van der Waals surface area contributed by atoms with E-state index in [4.69, 9.17) is 16.3 Å². The van der Waals surface area contributed by atoms with Gasteiger partial charge in [-0.1, -0.05) is 11.6 Å². The minimum absolute atomic E-state index is 0.0190. The number of hydrogen-bond acceptors (Lipinski definition) is 5. The molecule has 32 heavy (non-hydrogen) atoms. The van der Waals surface area contributed by atoms with Gasteiger partial charge in [0.1, 0.15) is 6.61 Å². The highest BCUT2D eigenvalue weighted by molar-refractivity contribution is 7.97. The van der Waals surface area contributed by atoms with Crippen LogP contribution in [-0.2, 0) is 15.7 Å². The number of piperidine rings is 1. The smallest absolute Gasteiger partial charge is 0.366 e. The van der Waals surface area contributed by atoms with E-state index < -0.39 is 11.7 Å². The van der Waals surface area contributed by atoms with E-state index in [9.17, 15) is 22.8 Å². The van der Waals surface area contributed by atoms with Crippen molar-refractivity contribution in [2.75, 3.05) is 45.9 Å². The zero-order chi connectivity index (χ0) is 22.7. The van der Waals surface area contributed by atoms with Gasteiger partial charge < -0.3 is 19.9 Å². The molecule has 4 saturated heterocycles. The van der Waals surface area contributed by atoms with Crippen molar-refractivity contribution in [3.05, 3.63) is 28.8 Å². The number of ether oxygens (including phenoxy) is 1. The fraction of sp³-hybridized carbons (Fsp3) is 0.600. The quantitative estimate of drug-likeness (QED) is 0.646. The van der Waals surface area contributed by atoms with Crippen LogP contribution in [0.15, 0.2) is 23.1 Å². The Morgan fingerprint density at radius 1 is 1.22 bits per heavy atom. The molecule has 7 nitrogen and oxygen atoms in total. The number of nitrogens with one attached hydrogen (secondary N) is 1. The first kappa shape index (κ1) is 22.1. The molecule has 1 spiro atoms. The summed E-state index contributed by atoms with van der Waals surface area (Å²) in [5.41, 5.74) is -0.793. The number of likely N-dealkylation sites (tertiary alicyclic amines) is 2. The Kier molecular flexibility index (Phi) is 5.51. The van der Waals surface area contributed by atoms with Crippen molar-refractivity contribution in [3.8, 4) is 0 Å². The summed E-state index contributed by atoms with van der Waals surface area (Å²) < 4.78 is 46.2. The molecule has 1 aromatic carbocycles. The molecule has 0 saturated carbocycles. The molecule has 0 radical (unpaired) electrons. The number of carbonyl (C=O) groups is 2. The van der Waals surface area contributed by atoms with E-state index in [0.717, 1.165) is 19.2 Å². The Hall–Kier alpha value is -1.69. The van der Waals surface area contributed by atoms with Crippen LogP contribution in [0.2, 0.25) is 5.02 Å². The normalized spacial score (nSPS) is 27.4. The number of halogens is 4. The maximum Gasteiger partial charge on any atom is 0.417 e. The van der Waals surface area contributed by atoms with Crippen LogP contribution in [0.3, 0.4) is 0 Å². The van der Waals surface area contributed by atoms with Crippen molar-refractivity contribution in [1.82, 2.24) is 19.4 Å². The maximum absolute atomic E-state index is 12.9. The van der Waals surface area contributed by atoms with Gasteiger partial charge in [-0.05, 0) is 36.6 Å². The summed E-state index contributed by atoms with van der Waals surface area (Å²) in [7, 11) is 0. The van der Waals surface area contributed by atoms with Gasteiger partial charge in [-0.3, -0.25) is 4.79 Å². The van der Waals surface area contributed by atoms with Crippen LogP contribution in [0, 0.1) is 5.41 Å². The van der Waals surface area contributed by atoms with E-state index in [0.29, 0.717) is 37.5 Å². The molecule has 0 aliphatic carbocycles. The van der Waals surface area contributed by atoms with Crippen LogP contribution in [0.1, 0.15) is 12.0 Å². The number of fused-ring (bicyclic) bond motifs is 1. The number of hydrogen-bond donors (Lipinski definition) is 1. The standard InChI is InChI=1S/C20H22ClF3N4O3S/c21-14-5-12(1-2-13(14)20(22,23)24)32-28-10-19(11-28)8-27(9-19)18(30)26-4-3-16-15(6-26)25-17(29)7-31-16/h1-2,5,15-16H,3-4,6-11H2,(H,25,29)/t15-,16+/m1/s1. The van der Waals surface area contributed by atoms with Crippen molar-refractivity contribution in [3.63, 3.8) is 0 Å². The molecule has 1 N–H and O–H groups in total. The van der Waals surface area contributed by atoms with Gasteiger partial charge in [-0.15, -0.1) is 0 Å². The van der Waals surface area contributed by atoms with Gasteiger partial charge in [-0.2, -0.15) is 13.2 Å². The van der Waals surface area contributed by atoms with Crippen LogP contribution in [0.5, 0.6) is 0 Å². The number of benzene rings is 1. The van der Waals surface area contributed by atoms with E-state index in [1.807, 2.05) is 4.90 Å². The van der Waals surface area contributed by atoms with E-state index in [1.165, 1.54) is 24.1 Å². The molecule has 4 aliphatic rings. The number of amides is 3. The Balaban J connectivity index is 1.09. The SMILES string of the molecule is O=C1CO[C@H]2CCN(C(=O)N3CC4(CN(Sc5ccc(C(F)(F)F)c(Cl)c5)C4)C3)C[C@H]2N1. The summed E-state index contributed by atoms with van der Waals surface area (Å²) in [5.74, 6) is -0.148. The third-order valence-electron chi connectivity index (χ3n) is 6.42. The molecular weight excluding hydrogens is 469 g/mol. The van der Waals surface area contributed by atoms with Gasteiger partial charge in [0.05, 0.1) is 22.7 Å². The van der Waals surface area contributed by atoms with Gasteiger partial charge in [0.15, 0.2) is 0 Å². The van der Waals surface area contributed by atoms with Crippen LogP contribution >= 0.6 is 23.5 Å². The zero-order valence-corrected chi connectivity index (χ0v) is 18.6. The molecule has 1 aromatic rings. The summed E-state index contributed by atoms with van der Waals surface area (Å²) in [6, 6.07) is 3.60. The van der Waals surface area contributed by atoms with Gasteiger partial charge in [0.25, 0.3) is 0 Å². The highest BCUT2D eigenvalue weighted by atomic mass is 35.5. The largest absolute Gasteiger partial charge is 0.417 e. The van der Waals surface area contributed by atoms with Crippen molar-refractivity contribution in [2.45, 2.75) is 29.6 Å². The molecule has 0 bridgehead atoms. The van der Waals surface area contributed by atoms with E-state index >= 15 is 0 Å². The second kappa shape index (κ2) is 7.96. The second-order valence-corrected chi connectivity index (χ2v) is 10.5. The highest BCUT2D eigenvalue weighted by Gasteiger charge is 2.54. The first-order valence-corrected chi connectivity index (χ1v) is 11.5. The molecule has 2 atom stereocenters. The minimum atomic E-state index is -4.46. The summed E-state index contributed by atoms with van der Waals surface area (Å²) >= 11 is 7.18. The third kappa shape index (κ3) is 4.15. The fourth-order valence-corrected chi connectivity index (χ4v) is 6.50. The molecule has 174 valence electrons. The molecule has 3 amide bonds. The zero-order valence-electron chi connectivity index (χ0n) is 17.0. The van der Waals surface area contributed by atoms with Gasteiger partial charge in [0, 0.05) is 49.6 Å². The number of morpholine rings is 1. The maximum atomic E-state index is 12.9. The predicted molar refractivity (Wildman–Crippen MR) is 111 cm³/mol. The molecule has 12 heteroatoms.